The molecule has 1 heterocycles. The first-order valence-electron chi connectivity index (χ1n) is 4.69. The van der Waals surface area contributed by atoms with Gasteiger partial charge in [0.2, 0.25) is 0 Å². The third-order valence-electron chi connectivity index (χ3n) is 2.22. The second-order valence-electron chi connectivity index (χ2n) is 3.31. The van der Waals surface area contributed by atoms with Crippen molar-refractivity contribution in [1.82, 2.24) is 4.98 Å². The Hall–Kier alpha value is -1.09. The van der Waals surface area contributed by atoms with Crippen LogP contribution in [0.4, 0.5) is 0 Å². The Morgan fingerprint density at radius 1 is 1.00 bits per heavy atom. The molecule has 17 heavy (non-hydrogen) atoms. The van der Waals surface area contributed by atoms with Crippen molar-refractivity contribution in [2.45, 2.75) is 0 Å². The van der Waals surface area contributed by atoms with Crippen molar-refractivity contribution < 1.29 is 4.79 Å². The summed E-state index contributed by atoms with van der Waals surface area (Å²) in [6.45, 7) is 0. The Morgan fingerprint density at radius 3 is 2.47 bits per heavy atom. The normalized spacial score (nSPS) is 10.3. The molecular formula is C12H6Cl3NO. The van der Waals surface area contributed by atoms with E-state index in [-0.39, 0.29) is 10.8 Å². The van der Waals surface area contributed by atoms with Gasteiger partial charge in [-0.25, -0.2) is 4.98 Å². The number of rotatable bonds is 2. The molecule has 0 atom stereocenters. The number of halogens is 3. The zero-order valence-electron chi connectivity index (χ0n) is 8.45. The highest BCUT2D eigenvalue weighted by atomic mass is 35.5. The standard InChI is InChI=1S/C12H6Cl3NO/c13-7-1-3-10(14)9(5-7)8-2-4-12(15)16-11(8)6-17/h1-6H. The summed E-state index contributed by atoms with van der Waals surface area (Å²) in [6, 6.07) is 8.32. The van der Waals surface area contributed by atoms with Crippen LogP contribution >= 0.6 is 34.8 Å². The van der Waals surface area contributed by atoms with E-state index in [0.29, 0.717) is 27.5 Å². The van der Waals surface area contributed by atoms with Gasteiger partial charge in [0, 0.05) is 21.2 Å². The smallest absolute Gasteiger partial charge is 0.169 e. The van der Waals surface area contributed by atoms with Gasteiger partial charge in [0.1, 0.15) is 10.8 Å². The van der Waals surface area contributed by atoms with Crippen LogP contribution in [0.15, 0.2) is 30.3 Å². The van der Waals surface area contributed by atoms with Crippen LogP contribution < -0.4 is 0 Å². The molecule has 0 bridgehead atoms. The third kappa shape index (κ3) is 2.60. The summed E-state index contributed by atoms with van der Waals surface area (Å²) < 4.78 is 0. The number of aromatic nitrogens is 1. The van der Waals surface area contributed by atoms with Gasteiger partial charge < -0.3 is 0 Å². The maximum Gasteiger partial charge on any atom is 0.169 e. The van der Waals surface area contributed by atoms with Gasteiger partial charge in [-0.15, -0.1) is 0 Å². The number of carbonyl (C=O) groups is 1. The van der Waals surface area contributed by atoms with E-state index in [2.05, 4.69) is 4.98 Å². The number of hydrogen-bond donors (Lipinski definition) is 0. The van der Waals surface area contributed by atoms with Crippen LogP contribution in [0.5, 0.6) is 0 Å². The highest BCUT2D eigenvalue weighted by molar-refractivity contribution is 6.35. The Balaban J connectivity index is 2.67. The lowest BCUT2D eigenvalue weighted by Gasteiger charge is -2.07. The quantitative estimate of drug-likeness (QED) is 0.600. The monoisotopic (exact) mass is 285 g/mol. The lowest BCUT2D eigenvalue weighted by Crippen LogP contribution is -1.93. The van der Waals surface area contributed by atoms with Gasteiger partial charge >= 0.3 is 0 Å². The van der Waals surface area contributed by atoms with Gasteiger partial charge in [-0.1, -0.05) is 34.8 Å². The summed E-state index contributed by atoms with van der Waals surface area (Å²) in [5.74, 6) is 0. The van der Waals surface area contributed by atoms with Gasteiger partial charge in [-0.3, -0.25) is 4.79 Å². The average Bonchev–Trinajstić information content (AvgIpc) is 2.32. The first kappa shape index (κ1) is 12.4. The molecule has 0 amide bonds. The topological polar surface area (TPSA) is 30.0 Å². The Bertz CT molecular complexity index is 584. The summed E-state index contributed by atoms with van der Waals surface area (Å²) in [4.78, 5) is 14.9. The molecule has 86 valence electrons. The van der Waals surface area contributed by atoms with Crippen LogP contribution in [0.3, 0.4) is 0 Å². The predicted octanol–water partition coefficient (Wildman–Crippen LogP) is 4.52. The zero-order valence-corrected chi connectivity index (χ0v) is 10.7. The van der Waals surface area contributed by atoms with E-state index in [1.54, 1.807) is 30.3 Å². The maximum atomic E-state index is 11.0. The molecule has 0 saturated carbocycles. The highest BCUT2D eigenvalue weighted by Crippen LogP contribution is 2.32. The molecular weight excluding hydrogens is 280 g/mol. The minimum Gasteiger partial charge on any atom is -0.296 e. The van der Waals surface area contributed by atoms with Gasteiger partial charge in [-0.2, -0.15) is 0 Å². The highest BCUT2D eigenvalue weighted by Gasteiger charge is 2.10. The first-order chi connectivity index (χ1) is 8.11. The Morgan fingerprint density at radius 2 is 1.76 bits per heavy atom. The molecule has 0 spiro atoms. The van der Waals surface area contributed by atoms with Crippen LogP contribution in [0.1, 0.15) is 10.5 Å². The van der Waals surface area contributed by atoms with Gasteiger partial charge in [0.05, 0.1) is 0 Å². The fourth-order valence-corrected chi connectivity index (χ4v) is 2.02. The number of pyridine rings is 1. The van der Waals surface area contributed by atoms with Crippen molar-refractivity contribution in [2.24, 2.45) is 0 Å². The van der Waals surface area contributed by atoms with E-state index in [4.69, 9.17) is 34.8 Å². The van der Waals surface area contributed by atoms with Crippen molar-refractivity contribution in [1.29, 1.82) is 0 Å². The molecule has 1 aromatic heterocycles. The van der Waals surface area contributed by atoms with Gasteiger partial charge in [0.25, 0.3) is 0 Å². The number of hydrogen-bond acceptors (Lipinski definition) is 2. The van der Waals surface area contributed by atoms with Crippen molar-refractivity contribution in [3.63, 3.8) is 0 Å². The SMILES string of the molecule is O=Cc1nc(Cl)ccc1-c1cc(Cl)ccc1Cl. The summed E-state index contributed by atoms with van der Waals surface area (Å²) in [5, 5.41) is 1.30. The molecule has 0 aliphatic rings. The molecule has 2 nitrogen and oxygen atoms in total. The van der Waals surface area contributed by atoms with E-state index in [9.17, 15) is 4.79 Å². The Kier molecular flexibility index (Phi) is 3.67. The Labute approximate surface area is 113 Å². The molecule has 0 radical (unpaired) electrons. The third-order valence-corrected chi connectivity index (χ3v) is 3.00. The number of benzene rings is 1. The zero-order chi connectivity index (χ0) is 12.4. The van der Waals surface area contributed by atoms with Crippen LogP contribution in [-0.2, 0) is 0 Å². The maximum absolute atomic E-state index is 11.0. The van der Waals surface area contributed by atoms with E-state index < -0.39 is 0 Å². The van der Waals surface area contributed by atoms with E-state index >= 15 is 0 Å². The molecule has 0 aliphatic heterocycles. The molecule has 2 rings (SSSR count). The minimum atomic E-state index is 0.238. The summed E-state index contributed by atoms with van der Waals surface area (Å²) in [5.41, 5.74) is 1.50. The second kappa shape index (κ2) is 5.05. The summed E-state index contributed by atoms with van der Waals surface area (Å²) >= 11 is 17.7. The number of nitrogens with zero attached hydrogens (tertiary/aromatic N) is 1. The number of aldehydes is 1. The summed E-state index contributed by atoms with van der Waals surface area (Å²) in [7, 11) is 0. The van der Waals surface area contributed by atoms with Crippen molar-refractivity contribution in [2.75, 3.05) is 0 Å². The summed E-state index contributed by atoms with van der Waals surface area (Å²) in [6.07, 6.45) is 0.637. The molecule has 2 aromatic rings. The second-order valence-corrected chi connectivity index (χ2v) is 4.54. The predicted molar refractivity (Wildman–Crippen MR) is 70.1 cm³/mol. The first-order valence-corrected chi connectivity index (χ1v) is 5.82. The molecule has 5 heteroatoms. The van der Waals surface area contributed by atoms with E-state index in [1.807, 2.05) is 0 Å². The van der Waals surface area contributed by atoms with Crippen molar-refractivity contribution in [3.05, 3.63) is 51.2 Å². The van der Waals surface area contributed by atoms with Crippen LogP contribution in [-0.4, -0.2) is 11.3 Å². The van der Waals surface area contributed by atoms with E-state index in [1.165, 1.54) is 0 Å². The minimum absolute atomic E-state index is 0.238. The van der Waals surface area contributed by atoms with Crippen LogP contribution in [0.2, 0.25) is 15.2 Å². The largest absolute Gasteiger partial charge is 0.296 e. The average molecular weight is 287 g/mol. The molecule has 0 fully saturated rings. The molecule has 1 aromatic carbocycles. The van der Waals surface area contributed by atoms with Crippen molar-refractivity contribution >= 4 is 41.1 Å². The number of carbonyl (C=O) groups excluding carboxylic acids is 1. The van der Waals surface area contributed by atoms with Crippen LogP contribution in [0, 0.1) is 0 Å². The fourth-order valence-electron chi connectivity index (χ4n) is 1.47. The van der Waals surface area contributed by atoms with Crippen LogP contribution in [0.25, 0.3) is 11.1 Å². The van der Waals surface area contributed by atoms with Gasteiger partial charge in [-0.05, 0) is 30.3 Å². The fraction of sp³-hybridized carbons (Fsp3) is 0. The molecule has 0 unspecified atom stereocenters. The lowest BCUT2D eigenvalue weighted by atomic mass is 10.0. The molecule has 0 saturated heterocycles. The van der Waals surface area contributed by atoms with E-state index in [0.717, 1.165) is 0 Å². The van der Waals surface area contributed by atoms with Crippen molar-refractivity contribution in [3.8, 4) is 11.1 Å². The lowest BCUT2D eigenvalue weighted by molar-refractivity contribution is 0.111. The molecule has 0 N–H and O–H groups in total. The molecule has 0 aliphatic carbocycles. The van der Waals surface area contributed by atoms with Gasteiger partial charge in [0.15, 0.2) is 6.29 Å².